The van der Waals surface area contributed by atoms with E-state index in [1.165, 1.54) is 0 Å². The van der Waals surface area contributed by atoms with E-state index in [-0.39, 0.29) is 5.91 Å². The van der Waals surface area contributed by atoms with Gasteiger partial charge >= 0.3 is 0 Å². The van der Waals surface area contributed by atoms with Crippen molar-refractivity contribution in [3.05, 3.63) is 52.0 Å². The molecule has 0 aliphatic rings. The minimum atomic E-state index is -0.178. The smallest absolute Gasteiger partial charge is 0.255 e. The predicted octanol–water partition coefficient (Wildman–Crippen LogP) is 4.03. The second-order valence-corrected chi connectivity index (χ2v) is 5.34. The first-order valence-corrected chi connectivity index (χ1v) is 7.14. The Labute approximate surface area is 132 Å². The number of methoxy groups -OCH3 is 2. The van der Waals surface area contributed by atoms with E-state index in [2.05, 4.69) is 21.2 Å². The van der Waals surface area contributed by atoms with Crippen LogP contribution in [0.2, 0.25) is 0 Å². The quantitative estimate of drug-likeness (QED) is 0.906. The Morgan fingerprint density at radius 1 is 1.05 bits per heavy atom. The molecule has 2 aromatic carbocycles. The molecule has 0 aromatic heterocycles. The normalized spacial score (nSPS) is 10.1. The van der Waals surface area contributed by atoms with Gasteiger partial charge in [0.25, 0.3) is 5.91 Å². The maximum absolute atomic E-state index is 12.2. The minimum Gasteiger partial charge on any atom is -0.496 e. The maximum atomic E-state index is 12.2. The molecule has 1 N–H and O–H groups in total. The van der Waals surface area contributed by atoms with Gasteiger partial charge in [-0.25, -0.2) is 0 Å². The summed E-state index contributed by atoms with van der Waals surface area (Å²) in [6.45, 7) is 1.93. The Bertz CT molecular complexity index is 671. The minimum absolute atomic E-state index is 0.178. The van der Waals surface area contributed by atoms with Gasteiger partial charge in [-0.3, -0.25) is 4.79 Å². The van der Waals surface area contributed by atoms with E-state index < -0.39 is 0 Å². The van der Waals surface area contributed by atoms with Crippen LogP contribution in [0.4, 0.5) is 5.69 Å². The van der Waals surface area contributed by atoms with Gasteiger partial charge in [-0.05, 0) is 64.8 Å². The van der Waals surface area contributed by atoms with Crippen LogP contribution < -0.4 is 14.8 Å². The summed E-state index contributed by atoms with van der Waals surface area (Å²) in [6, 6.07) is 10.7. The molecule has 110 valence electrons. The molecular formula is C16H16BrNO3. The van der Waals surface area contributed by atoms with Crippen LogP contribution >= 0.6 is 15.9 Å². The number of hydrogen-bond acceptors (Lipinski definition) is 3. The molecule has 0 radical (unpaired) electrons. The van der Waals surface area contributed by atoms with Crippen molar-refractivity contribution >= 4 is 27.5 Å². The van der Waals surface area contributed by atoms with Crippen molar-refractivity contribution in [1.82, 2.24) is 0 Å². The number of carbonyl (C=O) groups is 1. The lowest BCUT2D eigenvalue weighted by atomic mass is 10.1. The number of hydrogen-bond donors (Lipinski definition) is 1. The summed E-state index contributed by atoms with van der Waals surface area (Å²) < 4.78 is 11.1. The molecule has 2 aromatic rings. The Morgan fingerprint density at radius 3 is 2.29 bits per heavy atom. The van der Waals surface area contributed by atoms with E-state index in [0.717, 1.165) is 21.5 Å². The molecule has 0 atom stereocenters. The molecule has 4 nitrogen and oxygen atoms in total. The second kappa shape index (κ2) is 6.63. The summed E-state index contributed by atoms with van der Waals surface area (Å²) in [7, 11) is 3.20. The highest BCUT2D eigenvalue weighted by atomic mass is 79.9. The number of nitrogens with one attached hydrogen (secondary N) is 1. The summed E-state index contributed by atoms with van der Waals surface area (Å²) in [5.41, 5.74) is 2.24. The number of aryl methyl sites for hydroxylation is 1. The Kier molecular flexibility index (Phi) is 4.85. The van der Waals surface area contributed by atoms with Gasteiger partial charge in [0.2, 0.25) is 0 Å². The average molecular weight is 350 g/mol. The first kappa shape index (κ1) is 15.4. The van der Waals surface area contributed by atoms with Gasteiger partial charge in [0, 0.05) is 11.3 Å². The third-order valence-corrected chi connectivity index (χ3v) is 3.69. The largest absolute Gasteiger partial charge is 0.496 e. The van der Waals surface area contributed by atoms with E-state index in [1.807, 2.05) is 25.1 Å². The van der Waals surface area contributed by atoms with Crippen molar-refractivity contribution in [3.63, 3.8) is 0 Å². The van der Waals surface area contributed by atoms with Crippen molar-refractivity contribution in [3.8, 4) is 11.5 Å². The molecule has 0 spiro atoms. The second-order valence-electron chi connectivity index (χ2n) is 4.49. The number of anilines is 1. The van der Waals surface area contributed by atoms with Crippen LogP contribution in [0.15, 0.2) is 40.9 Å². The monoisotopic (exact) mass is 349 g/mol. The lowest BCUT2D eigenvalue weighted by molar-refractivity contribution is 0.102. The number of halogens is 1. The van der Waals surface area contributed by atoms with Crippen LogP contribution in [0.5, 0.6) is 11.5 Å². The molecule has 0 unspecified atom stereocenters. The van der Waals surface area contributed by atoms with Gasteiger partial charge in [-0.2, -0.15) is 0 Å². The summed E-state index contributed by atoms with van der Waals surface area (Å²) in [4.78, 5) is 12.2. The number of carbonyl (C=O) groups excluding carboxylic acids is 1. The number of ether oxygens (including phenoxy) is 2. The van der Waals surface area contributed by atoms with Crippen LogP contribution in [0.1, 0.15) is 15.9 Å². The standard InChI is InChI=1S/C16H16BrNO3/c1-10-8-12(5-7-14(10)20-2)18-16(19)11-4-6-15(21-3)13(17)9-11/h4-9H,1-3H3,(H,18,19). The zero-order valence-electron chi connectivity index (χ0n) is 12.1. The topological polar surface area (TPSA) is 47.6 Å². The van der Waals surface area contributed by atoms with Gasteiger partial charge in [-0.1, -0.05) is 0 Å². The third-order valence-electron chi connectivity index (χ3n) is 3.07. The van der Waals surface area contributed by atoms with Crippen molar-refractivity contribution in [2.75, 3.05) is 19.5 Å². The van der Waals surface area contributed by atoms with Crippen LogP contribution in [-0.4, -0.2) is 20.1 Å². The first-order chi connectivity index (χ1) is 10.0. The van der Waals surface area contributed by atoms with E-state index in [9.17, 15) is 4.79 Å². The molecule has 0 bridgehead atoms. The van der Waals surface area contributed by atoms with E-state index in [4.69, 9.17) is 9.47 Å². The SMILES string of the molecule is COc1ccc(NC(=O)c2ccc(OC)c(Br)c2)cc1C. The number of benzene rings is 2. The Balaban J connectivity index is 2.18. The molecule has 21 heavy (non-hydrogen) atoms. The van der Waals surface area contributed by atoms with Crippen LogP contribution in [0.3, 0.4) is 0 Å². The van der Waals surface area contributed by atoms with Crippen molar-refractivity contribution < 1.29 is 14.3 Å². The van der Waals surface area contributed by atoms with E-state index in [1.54, 1.807) is 32.4 Å². The van der Waals surface area contributed by atoms with Crippen molar-refractivity contribution in [2.24, 2.45) is 0 Å². The highest BCUT2D eigenvalue weighted by Gasteiger charge is 2.10. The molecule has 0 saturated heterocycles. The average Bonchev–Trinajstić information content (AvgIpc) is 2.47. The summed E-state index contributed by atoms with van der Waals surface area (Å²) in [5.74, 6) is 1.30. The van der Waals surface area contributed by atoms with Crippen molar-refractivity contribution in [2.45, 2.75) is 6.92 Å². The van der Waals surface area contributed by atoms with Gasteiger partial charge < -0.3 is 14.8 Å². The molecular weight excluding hydrogens is 334 g/mol. The molecule has 0 heterocycles. The summed E-state index contributed by atoms with van der Waals surface area (Å²) in [5, 5.41) is 2.86. The fraction of sp³-hybridized carbons (Fsp3) is 0.188. The fourth-order valence-electron chi connectivity index (χ4n) is 1.97. The highest BCUT2D eigenvalue weighted by Crippen LogP contribution is 2.26. The maximum Gasteiger partial charge on any atom is 0.255 e. The highest BCUT2D eigenvalue weighted by molar-refractivity contribution is 9.10. The van der Waals surface area contributed by atoms with Crippen molar-refractivity contribution in [1.29, 1.82) is 0 Å². The third kappa shape index (κ3) is 3.55. The lowest BCUT2D eigenvalue weighted by Crippen LogP contribution is -2.12. The van der Waals surface area contributed by atoms with E-state index in [0.29, 0.717) is 11.3 Å². The zero-order valence-corrected chi connectivity index (χ0v) is 13.7. The molecule has 0 saturated carbocycles. The zero-order chi connectivity index (χ0) is 15.4. The van der Waals surface area contributed by atoms with Crippen LogP contribution in [0, 0.1) is 6.92 Å². The fourth-order valence-corrected chi connectivity index (χ4v) is 2.51. The molecule has 0 fully saturated rings. The lowest BCUT2D eigenvalue weighted by Gasteiger charge is -2.10. The number of rotatable bonds is 4. The Morgan fingerprint density at radius 2 is 1.71 bits per heavy atom. The Hall–Kier alpha value is -2.01. The van der Waals surface area contributed by atoms with Gasteiger partial charge in [-0.15, -0.1) is 0 Å². The van der Waals surface area contributed by atoms with Gasteiger partial charge in [0.15, 0.2) is 0 Å². The van der Waals surface area contributed by atoms with Gasteiger partial charge in [0.1, 0.15) is 11.5 Å². The molecule has 0 aliphatic heterocycles. The van der Waals surface area contributed by atoms with Crippen LogP contribution in [-0.2, 0) is 0 Å². The summed E-state index contributed by atoms with van der Waals surface area (Å²) in [6.07, 6.45) is 0. The molecule has 5 heteroatoms. The van der Waals surface area contributed by atoms with E-state index >= 15 is 0 Å². The predicted molar refractivity (Wildman–Crippen MR) is 86.4 cm³/mol. The number of amides is 1. The molecule has 0 aliphatic carbocycles. The molecule has 1 amide bonds. The summed E-state index contributed by atoms with van der Waals surface area (Å²) >= 11 is 3.37. The molecule has 2 rings (SSSR count). The van der Waals surface area contributed by atoms with Crippen LogP contribution in [0.25, 0.3) is 0 Å². The first-order valence-electron chi connectivity index (χ1n) is 6.34. The van der Waals surface area contributed by atoms with Gasteiger partial charge in [0.05, 0.1) is 18.7 Å².